The number of rotatable bonds is 5. The monoisotopic (exact) mass is 296 g/mol. The molecule has 19 heavy (non-hydrogen) atoms. The van der Waals surface area contributed by atoms with E-state index in [1.165, 1.54) is 18.4 Å². The van der Waals surface area contributed by atoms with Gasteiger partial charge < -0.3 is 10.2 Å². The number of hydrogen-bond acceptors (Lipinski definition) is 6. The first-order valence-corrected chi connectivity index (χ1v) is 6.68. The Labute approximate surface area is 119 Å². The maximum absolute atomic E-state index is 11.9. The smallest absolute Gasteiger partial charge is 0.230 e. The summed E-state index contributed by atoms with van der Waals surface area (Å²) in [6.45, 7) is 0. The lowest BCUT2D eigenvalue weighted by Crippen LogP contribution is -2.14. The number of benzene rings is 1. The predicted octanol–water partition coefficient (Wildman–Crippen LogP) is 2.55. The molecule has 1 amide bonds. The Morgan fingerprint density at radius 2 is 2.26 bits per heavy atom. The van der Waals surface area contributed by atoms with Crippen LogP contribution in [0.3, 0.4) is 0 Å². The lowest BCUT2D eigenvalue weighted by molar-refractivity contribution is -0.178. The molecule has 0 saturated heterocycles. The first-order valence-electron chi connectivity index (χ1n) is 5.42. The van der Waals surface area contributed by atoms with Crippen LogP contribution in [0.1, 0.15) is 5.56 Å². The van der Waals surface area contributed by atoms with Gasteiger partial charge >= 0.3 is 0 Å². The van der Waals surface area contributed by atoms with Gasteiger partial charge in [0.25, 0.3) is 0 Å². The minimum atomic E-state index is -0.171. The Morgan fingerprint density at radius 3 is 2.95 bits per heavy atom. The summed E-state index contributed by atoms with van der Waals surface area (Å²) in [5.41, 5.74) is 0.740. The standard InChI is InChI=1S/C12H12N2O3S2/c1-16-17-9-5-3-2-4-8(9)6-10(15)14-12-13-7-11(18)19-12/h2-5,7,18H,6H2,1H3,(H,13,14,15). The second kappa shape index (κ2) is 6.55. The summed E-state index contributed by atoms with van der Waals surface area (Å²) in [6.07, 6.45) is 1.77. The number of thiazole rings is 1. The molecule has 0 saturated carbocycles. The van der Waals surface area contributed by atoms with Crippen LogP contribution in [-0.4, -0.2) is 18.0 Å². The number of amides is 1. The van der Waals surface area contributed by atoms with Gasteiger partial charge in [-0.05, 0) is 6.07 Å². The molecule has 0 bridgehead atoms. The van der Waals surface area contributed by atoms with Crippen LogP contribution < -0.4 is 10.2 Å². The van der Waals surface area contributed by atoms with E-state index in [-0.39, 0.29) is 12.3 Å². The minimum Gasteiger partial charge on any atom is -0.338 e. The van der Waals surface area contributed by atoms with Crippen molar-refractivity contribution in [2.24, 2.45) is 0 Å². The highest BCUT2D eigenvalue weighted by atomic mass is 32.2. The average Bonchev–Trinajstić information content (AvgIpc) is 2.77. The van der Waals surface area contributed by atoms with Crippen LogP contribution in [0, 0.1) is 0 Å². The topological polar surface area (TPSA) is 60.5 Å². The zero-order valence-corrected chi connectivity index (χ0v) is 11.8. The highest BCUT2D eigenvalue weighted by Crippen LogP contribution is 2.22. The first-order chi connectivity index (χ1) is 9.19. The van der Waals surface area contributed by atoms with Gasteiger partial charge in [-0.3, -0.25) is 4.79 Å². The third-order valence-corrected chi connectivity index (χ3v) is 3.34. The zero-order valence-electron chi connectivity index (χ0n) is 10.1. The lowest BCUT2D eigenvalue weighted by atomic mass is 10.1. The van der Waals surface area contributed by atoms with Crippen molar-refractivity contribution < 1.29 is 14.6 Å². The summed E-state index contributed by atoms with van der Waals surface area (Å²) in [6, 6.07) is 7.19. The van der Waals surface area contributed by atoms with E-state index in [2.05, 4.69) is 27.8 Å². The van der Waals surface area contributed by atoms with Gasteiger partial charge in [0, 0.05) is 5.56 Å². The van der Waals surface area contributed by atoms with Crippen molar-refractivity contribution in [1.29, 1.82) is 0 Å². The van der Waals surface area contributed by atoms with Gasteiger partial charge in [-0.25, -0.2) is 4.98 Å². The van der Waals surface area contributed by atoms with Crippen LogP contribution in [0.15, 0.2) is 34.7 Å². The molecule has 2 aromatic rings. The number of anilines is 1. The number of hydrogen-bond donors (Lipinski definition) is 2. The van der Waals surface area contributed by atoms with E-state index in [4.69, 9.17) is 4.89 Å². The van der Waals surface area contributed by atoms with Crippen molar-refractivity contribution in [2.45, 2.75) is 10.6 Å². The maximum atomic E-state index is 11.9. The number of aromatic nitrogens is 1. The molecule has 0 spiro atoms. The molecule has 1 N–H and O–H groups in total. The van der Waals surface area contributed by atoms with Crippen molar-refractivity contribution in [3.05, 3.63) is 36.0 Å². The molecule has 0 unspecified atom stereocenters. The number of carbonyl (C=O) groups is 1. The molecule has 0 aliphatic carbocycles. The van der Waals surface area contributed by atoms with Gasteiger partial charge in [0.05, 0.1) is 23.9 Å². The van der Waals surface area contributed by atoms with E-state index in [1.807, 2.05) is 12.1 Å². The molecule has 2 rings (SSSR count). The average molecular weight is 296 g/mol. The van der Waals surface area contributed by atoms with E-state index >= 15 is 0 Å². The molecule has 1 aromatic heterocycles. The zero-order chi connectivity index (χ0) is 13.7. The highest BCUT2D eigenvalue weighted by Gasteiger charge is 2.11. The number of nitrogens with one attached hydrogen (secondary N) is 1. The lowest BCUT2D eigenvalue weighted by Gasteiger charge is -2.07. The van der Waals surface area contributed by atoms with Crippen LogP contribution in [-0.2, 0) is 16.1 Å². The van der Waals surface area contributed by atoms with Crippen LogP contribution in [0.5, 0.6) is 5.75 Å². The normalized spacial score (nSPS) is 10.2. The number of thiol groups is 1. The first kappa shape index (κ1) is 13.9. The molecule has 5 nitrogen and oxygen atoms in total. The Balaban J connectivity index is 2.02. The van der Waals surface area contributed by atoms with E-state index in [0.717, 1.165) is 9.77 Å². The van der Waals surface area contributed by atoms with E-state index < -0.39 is 0 Å². The Hall–Kier alpha value is -1.57. The number of carbonyl (C=O) groups excluding carboxylic acids is 1. The Kier molecular flexibility index (Phi) is 4.78. The van der Waals surface area contributed by atoms with Crippen molar-refractivity contribution in [1.82, 2.24) is 4.98 Å². The van der Waals surface area contributed by atoms with Gasteiger partial charge in [0.1, 0.15) is 0 Å². The fourth-order valence-electron chi connectivity index (χ4n) is 1.48. The van der Waals surface area contributed by atoms with Crippen LogP contribution in [0.4, 0.5) is 5.13 Å². The fraction of sp³-hybridized carbons (Fsp3) is 0.167. The summed E-state index contributed by atoms with van der Waals surface area (Å²) in [7, 11) is 1.42. The van der Waals surface area contributed by atoms with Crippen LogP contribution in [0.25, 0.3) is 0 Å². The Morgan fingerprint density at radius 1 is 1.47 bits per heavy atom. The van der Waals surface area contributed by atoms with Gasteiger partial charge in [-0.2, -0.15) is 4.89 Å². The third-order valence-electron chi connectivity index (χ3n) is 2.24. The minimum absolute atomic E-state index is 0.171. The quantitative estimate of drug-likeness (QED) is 0.506. The maximum Gasteiger partial charge on any atom is 0.230 e. The number of nitrogens with zero attached hydrogens (tertiary/aromatic N) is 1. The molecule has 0 aliphatic heterocycles. The Bertz CT molecular complexity index is 572. The van der Waals surface area contributed by atoms with Gasteiger partial charge in [-0.15, -0.1) is 12.6 Å². The molecule has 0 fully saturated rings. The molecule has 100 valence electrons. The summed E-state index contributed by atoms with van der Waals surface area (Å²) in [4.78, 5) is 25.5. The van der Waals surface area contributed by atoms with E-state index in [9.17, 15) is 4.79 Å². The van der Waals surface area contributed by atoms with E-state index in [1.54, 1.807) is 18.3 Å². The highest BCUT2D eigenvalue weighted by molar-refractivity contribution is 7.83. The molecule has 1 heterocycles. The molecule has 0 atom stereocenters. The summed E-state index contributed by atoms with van der Waals surface area (Å²) < 4.78 is 0.749. The van der Waals surface area contributed by atoms with Crippen LogP contribution in [0.2, 0.25) is 0 Å². The van der Waals surface area contributed by atoms with Crippen molar-refractivity contribution in [3.63, 3.8) is 0 Å². The van der Waals surface area contributed by atoms with Crippen molar-refractivity contribution >= 4 is 35.0 Å². The van der Waals surface area contributed by atoms with E-state index in [0.29, 0.717) is 10.9 Å². The van der Waals surface area contributed by atoms with Gasteiger partial charge in [-0.1, -0.05) is 29.5 Å². The second-order valence-electron chi connectivity index (χ2n) is 3.59. The molecular formula is C12H12N2O3S2. The number of para-hydroxylation sites is 1. The summed E-state index contributed by atoms with van der Waals surface area (Å²) in [5.74, 6) is 0.351. The van der Waals surface area contributed by atoms with Gasteiger partial charge in [0.2, 0.25) is 5.91 Å². The molecular weight excluding hydrogens is 284 g/mol. The van der Waals surface area contributed by atoms with Crippen LogP contribution >= 0.6 is 24.0 Å². The van der Waals surface area contributed by atoms with Gasteiger partial charge in [0.15, 0.2) is 10.9 Å². The summed E-state index contributed by atoms with van der Waals surface area (Å²) >= 11 is 5.45. The second-order valence-corrected chi connectivity index (χ2v) is 5.40. The third kappa shape index (κ3) is 3.95. The largest absolute Gasteiger partial charge is 0.338 e. The molecule has 0 radical (unpaired) electrons. The van der Waals surface area contributed by atoms with Crippen molar-refractivity contribution in [2.75, 3.05) is 12.4 Å². The predicted molar refractivity (Wildman–Crippen MR) is 75.8 cm³/mol. The molecule has 7 heteroatoms. The molecule has 0 aliphatic rings. The SMILES string of the molecule is COOc1ccccc1CC(=O)Nc1ncc(S)s1. The molecule has 1 aromatic carbocycles. The summed E-state index contributed by atoms with van der Waals surface area (Å²) in [5, 5.41) is 3.23. The van der Waals surface area contributed by atoms with Crippen molar-refractivity contribution in [3.8, 4) is 5.75 Å². The fourth-order valence-corrected chi connectivity index (χ4v) is 2.37.